The van der Waals surface area contributed by atoms with Gasteiger partial charge in [-0.1, -0.05) is 19.3 Å². The number of carboxylic acid groups (broad SMARTS) is 1. The Balaban J connectivity index is 2.82. The number of carbonyl (C=O) groups excluding carboxylic acids is 1. The van der Waals surface area contributed by atoms with Crippen molar-refractivity contribution in [2.24, 2.45) is 11.7 Å². The van der Waals surface area contributed by atoms with Gasteiger partial charge in [-0.15, -0.1) is 0 Å². The van der Waals surface area contributed by atoms with Crippen molar-refractivity contribution in [1.29, 1.82) is 0 Å². The molecule has 20 heavy (non-hydrogen) atoms. The first-order valence-electron chi connectivity index (χ1n) is 7.52. The Hall–Kier alpha value is -1.10. The molecule has 0 aliphatic heterocycles. The molecule has 1 aliphatic carbocycles. The number of rotatable bonds is 4. The Morgan fingerprint density at radius 1 is 1.20 bits per heavy atom. The quantitative estimate of drug-likeness (QED) is 0.773. The van der Waals surface area contributed by atoms with Gasteiger partial charge in [0.25, 0.3) is 0 Å². The van der Waals surface area contributed by atoms with Crippen LogP contribution in [0.2, 0.25) is 0 Å². The Bertz CT molecular complexity index is 350. The van der Waals surface area contributed by atoms with E-state index in [9.17, 15) is 9.59 Å². The summed E-state index contributed by atoms with van der Waals surface area (Å²) in [7, 11) is 0. The molecule has 2 unspecified atom stereocenters. The summed E-state index contributed by atoms with van der Waals surface area (Å²) in [5.74, 6) is -1.02. The van der Waals surface area contributed by atoms with Crippen LogP contribution in [0.3, 0.4) is 0 Å². The molecule has 0 bridgehead atoms. The number of hydrogen-bond acceptors (Lipinski definition) is 3. The Morgan fingerprint density at radius 3 is 2.35 bits per heavy atom. The number of nitrogens with two attached hydrogens (primary N) is 1. The lowest BCUT2D eigenvalue weighted by atomic mass is 9.91. The first kappa shape index (κ1) is 17.0. The van der Waals surface area contributed by atoms with Gasteiger partial charge >= 0.3 is 5.97 Å². The zero-order valence-electron chi connectivity index (χ0n) is 12.9. The topological polar surface area (TPSA) is 83.6 Å². The number of hydrogen-bond donors (Lipinski definition) is 2. The molecule has 0 spiro atoms. The molecular formula is C15H28N2O3. The van der Waals surface area contributed by atoms with Crippen molar-refractivity contribution in [3.05, 3.63) is 0 Å². The minimum absolute atomic E-state index is 0.0214. The SMILES string of the molecule is CC(C)(C)N(CCC(=O)O)C(=O)C1CCCCCC1N. The minimum Gasteiger partial charge on any atom is -0.481 e. The molecule has 2 atom stereocenters. The van der Waals surface area contributed by atoms with Gasteiger partial charge in [0.2, 0.25) is 5.91 Å². The highest BCUT2D eigenvalue weighted by Gasteiger charge is 2.35. The van der Waals surface area contributed by atoms with Crippen LogP contribution in [0.25, 0.3) is 0 Å². The zero-order chi connectivity index (χ0) is 15.3. The van der Waals surface area contributed by atoms with E-state index in [2.05, 4.69) is 0 Å². The van der Waals surface area contributed by atoms with Crippen LogP contribution in [0.1, 0.15) is 59.3 Å². The fourth-order valence-corrected chi connectivity index (χ4v) is 2.83. The number of nitrogens with zero attached hydrogens (tertiary/aromatic N) is 1. The van der Waals surface area contributed by atoms with Gasteiger partial charge in [-0.3, -0.25) is 9.59 Å². The van der Waals surface area contributed by atoms with Crippen LogP contribution in [0.4, 0.5) is 0 Å². The van der Waals surface area contributed by atoms with Crippen LogP contribution in [0, 0.1) is 5.92 Å². The van der Waals surface area contributed by atoms with E-state index in [0.717, 1.165) is 32.1 Å². The lowest BCUT2D eigenvalue weighted by Crippen LogP contribution is -2.52. The summed E-state index contributed by atoms with van der Waals surface area (Å²) < 4.78 is 0. The van der Waals surface area contributed by atoms with Crippen molar-refractivity contribution in [2.45, 2.75) is 70.9 Å². The number of carbonyl (C=O) groups is 2. The molecule has 3 N–H and O–H groups in total. The zero-order valence-corrected chi connectivity index (χ0v) is 12.9. The largest absolute Gasteiger partial charge is 0.481 e. The van der Waals surface area contributed by atoms with E-state index in [0.29, 0.717) is 0 Å². The van der Waals surface area contributed by atoms with E-state index >= 15 is 0 Å². The maximum Gasteiger partial charge on any atom is 0.305 e. The first-order chi connectivity index (χ1) is 9.23. The monoisotopic (exact) mass is 284 g/mol. The molecular weight excluding hydrogens is 256 g/mol. The van der Waals surface area contributed by atoms with Crippen molar-refractivity contribution in [1.82, 2.24) is 4.90 Å². The fraction of sp³-hybridized carbons (Fsp3) is 0.867. The van der Waals surface area contributed by atoms with Gasteiger partial charge in [-0.05, 0) is 33.6 Å². The number of aliphatic carboxylic acids is 1. The van der Waals surface area contributed by atoms with Gasteiger partial charge in [0.1, 0.15) is 0 Å². The maximum absolute atomic E-state index is 12.8. The fourth-order valence-electron chi connectivity index (χ4n) is 2.83. The maximum atomic E-state index is 12.8. The third-order valence-corrected chi connectivity index (χ3v) is 4.01. The van der Waals surface area contributed by atoms with Gasteiger partial charge < -0.3 is 15.7 Å². The van der Waals surface area contributed by atoms with Crippen molar-refractivity contribution in [3.8, 4) is 0 Å². The van der Waals surface area contributed by atoms with Crippen molar-refractivity contribution in [3.63, 3.8) is 0 Å². The van der Waals surface area contributed by atoms with E-state index in [1.165, 1.54) is 0 Å². The van der Waals surface area contributed by atoms with E-state index < -0.39 is 5.97 Å². The van der Waals surface area contributed by atoms with E-state index in [1.54, 1.807) is 4.90 Å². The second-order valence-electron chi connectivity index (χ2n) is 6.71. The summed E-state index contributed by atoms with van der Waals surface area (Å²) in [5.41, 5.74) is 5.78. The Labute approximate surface area is 121 Å². The molecule has 0 saturated heterocycles. The van der Waals surface area contributed by atoms with Gasteiger partial charge in [-0.2, -0.15) is 0 Å². The smallest absolute Gasteiger partial charge is 0.305 e. The Kier molecular flexibility index (Phi) is 5.99. The summed E-state index contributed by atoms with van der Waals surface area (Å²) in [5, 5.41) is 8.85. The molecule has 116 valence electrons. The molecule has 5 heteroatoms. The average molecular weight is 284 g/mol. The highest BCUT2D eigenvalue weighted by molar-refractivity contribution is 5.81. The second kappa shape index (κ2) is 7.07. The van der Waals surface area contributed by atoms with E-state index in [4.69, 9.17) is 10.8 Å². The summed E-state index contributed by atoms with van der Waals surface area (Å²) in [6.45, 7) is 6.07. The summed E-state index contributed by atoms with van der Waals surface area (Å²) >= 11 is 0. The summed E-state index contributed by atoms with van der Waals surface area (Å²) in [6.07, 6.45) is 4.91. The standard InChI is InChI=1S/C15H28N2O3/c1-15(2,3)17(10-9-13(18)19)14(20)11-7-5-4-6-8-12(11)16/h11-12H,4-10,16H2,1-3H3,(H,18,19). The molecule has 0 aromatic carbocycles. The van der Waals surface area contributed by atoms with Gasteiger partial charge in [0.05, 0.1) is 12.3 Å². The van der Waals surface area contributed by atoms with Crippen LogP contribution >= 0.6 is 0 Å². The Morgan fingerprint density at radius 2 is 1.80 bits per heavy atom. The lowest BCUT2D eigenvalue weighted by molar-refractivity contribution is -0.143. The number of amides is 1. The molecule has 1 rings (SSSR count). The summed E-state index contributed by atoms with van der Waals surface area (Å²) in [6, 6.07) is -0.0975. The highest BCUT2D eigenvalue weighted by Crippen LogP contribution is 2.27. The summed E-state index contributed by atoms with van der Waals surface area (Å²) in [4.78, 5) is 25.3. The molecule has 0 radical (unpaired) electrons. The van der Waals surface area contributed by atoms with Crippen LogP contribution in [0.15, 0.2) is 0 Å². The molecule has 1 fully saturated rings. The predicted octanol–water partition coefficient (Wildman–Crippen LogP) is 2.00. The molecule has 1 amide bonds. The van der Waals surface area contributed by atoms with Crippen LogP contribution in [0.5, 0.6) is 0 Å². The molecule has 1 aliphatic rings. The van der Waals surface area contributed by atoms with Gasteiger partial charge in [-0.25, -0.2) is 0 Å². The van der Waals surface area contributed by atoms with Gasteiger partial charge in [0.15, 0.2) is 0 Å². The van der Waals surface area contributed by atoms with Gasteiger partial charge in [0, 0.05) is 18.1 Å². The number of carboxylic acids is 1. The highest BCUT2D eigenvalue weighted by atomic mass is 16.4. The van der Waals surface area contributed by atoms with Crippen LogP contribution in [-0.2, 0) is 9.59 Å². The molecule has 0 aromatic heterocycles. The van der Waals surface area contributed by atoms with Crippen LogP contribution in [-0.4, -0.2) is 40.0 Å². The normalized spacial score (nSPS) is 24.0. The third kappa shape index (κ3) is 4.78. The van der Waals surface area contributed by atoms with E-state index in [-0.39, 0.29) is 36.4 Å². The minimum atomic E-state index is -0.878. The molecule has 1 saturated carbocycles. The predicted molar refractivity (Wildman–Crippen MR) is 78.3 cm³/mol. The first-order valence-corrected chi connectivity index (χ1v) is 7.52. The molecule has 5 nitrogen and oxygen atoms in total. The van der Waals surface area contributed by atoms with Crippen molar-refractivity contribution >= 4 is 11.9 Å². The van der Waals surface area contributed by atoms with Crippen LogP contribution < -0.4 is 5.73 Å². The lowest BCUT2D eigenvalue weighted by Gasteiger charge is -2.39. The molecule has 0 heterocycles. The average Bonchev–Trinajstić information content (AvgIpc) is 2.51. The second-order valence-corrected chi connectivity index (χ2v) is 6.71. The molecule has 0 aromatic rings. The third-order valence-electron chi connectivity index (χ3n) is 4.01. The van der Waals surface area contributed by atoms with E-state index in [1.807, 2.05) is 20.8 Å². The van der Waals surface area contributed by atoms with Crippen molar-refractivity contribution < 1.29 is 14.7 Å². The van der Waals surface area contributed by atoms with Crippen molar-refractivity contribution in [2.75, 3.05) is 6.54 Å².